The van der Waals surface area contributed by atoms with Gasteiger partial charge in [0.2, 0.25) is 0 Å². The van der Waals surface area contributed by atoms with Crippen molar-refractivity contribution in [3.63, 3.8) is 0 Å². The minimum Gasteiger partial charge on any atom is -0.398 e. The summed E-state index contributed by atoms with van der Waals surface area (Å²) in [5.74, 6) is 0.543. The molecule has 0 bridgehead atoms. The Hall–Kier alpha value is -2.05. The number of hydrogen-bond acceptors (Lipinski definition) is 4. The van der Waals surface area contributed by atoms with Gasteiger partial charge in [-0.2, -0.15) is 18.2 Å². The average molecular weight is 283 g/mol. The molecule has 4 nitrogen and oxygen atoms in total. The third-order valence-electron chi connectivity index (χ3n) is 3.58. The largest absolute Gasteiger partial charge is 0.416 e. The highest BCUT2D eigenvalue weighted by atomic mass is 19.4. The number of benzene rings is 1. The number of nitrogen functional groups attached to an aromatic ring is 1. The van der Waals surface area contributed by atoms with Gasteiger partial charge in [-0.05, 0) is 31.0 Å². The van der Waals surface area contributed by atoms with E-state index in [4.69, 9.17) is 10.3 Å². The summed E-state index contributed by atoms with van der Waals surface area (Å²) in [6, 6.07) is 3.06. The SMILES string of the molecule is CC1(c2noc(-c3cc(C(F)(F)F)ccc3N)n2)CC1. The van der Waals surface area contributed by atoms with E-state index >= 15 is 0 Å². The molecule has 20 heavy (non-hydrogen) atoms. The number of halogens is 3. The number of anilines is 1. The van der Waals surface area contributed by atoms with E-state index in [1.165, 1.54) is 6.07 Å². The maximum absolute atomic E-state index is 12.7. The molecule has 1 aliphatic carbocycles. The molecule has 0 radical (unpaired) electrons. The van der Waals surface area contributed by atoms with Gasteiger partial charge < -0.3 is 10.3 Å². The smallest absolute Gasteiger partial charge is 0.398 e. The molecular formula is C13H12F3N3O. The molecule has 1 aliphatic rings. The molecule has 7 heteroatoms. The fraction of sp³-hybridized carbons (Fsp3) is 0.385. The lowest BCUT2D eigenvalue weighted by atomic mass is 10.1. The van der Waals surface area contributed by atoms with Crippen LogP contribution in [0, 0.1) is 0 Å². The van der Waals surface area contributed by atoms with Crippen molar-refractivity contribution in [3.05, 3.63) is 29.6 Å². The van der Waals surface area contributed by atoms with Gasteiger partial charge in [0, 0.05) is 11.1 Å². The van der Waals surface area contributed by atoms with Crippen LogP contribution in [0.1, 0.15) is 31.2 Å². The van der Waals surface area contributed by atoms with Crippen LogP contribution in [0.3, 0.4) is 0 Å². The predicted molar refractivity (Wildman–Crippen MR) is 65.7 cm³/mol. The molecule has 106 valence electrons. The Morgan fingerprint density at radius 2 is 2.00 bits per heavy atom. The molecule has 0 aliphatic heterocycles. The fourth-order valence-corrected chi connectivity index (χ4v) is 1.91. The Morgan fingerprint density at radius 1 is 1.30 bits per heavy atom. The van der Waals surface area contributed by atoms with Crippen LogP contribution in [0.2, 0.25) is 0 Å². The third kappa shape index (κ3) is 2.13. The van der Waals surface area contributed by atoms with Crippen LogP contribution in [0.25, 0.3) is 11.5 Å². The third-order valence-corrected chi connectivity index (χ3v) is 3.58. The summed E-state index contributed by atoms with van der Waals surface area (Å²) in [5.41, 5.74) is 5.09. The van der Waals surface area contributed by atoms with Gasteiger partial charge in [-0.25, -0.2) is 0 Å². The summed E-state index contributed by atoms with van der Waals surface area (Å²) in [6.45, 7) is 1.98. The molecule has 1 heterocycles. The summed E-state index contributed by atoms with van der Waals surface area (Å²) >= 11 is 0. The van der Waals surface area contributed by atoms with Gasteiger partial charge in [-0.3, -0.25) is 0 Å². The number of nitrogens with zero attached hydrogens (tertiary/aromatic N) is 2. The van der Waals surface area contributed by atoms with Crippen molar-refractivity contribution in [2.75, 3.05) is 5.73 Å². The van der Waals surface area contributed by atoms with Crippen LogP contribution < -0.4 is 5.73 Å². The number of rotatable bonds is 2. The standard InChI is InChI=1S/C13H12F3N3O/c1-12(4-5-12)11-18-10(20-19-11)8-6-7(13(14,15)16)2-3-9(8)17/h2-3,6H,4-5,17H2,1H3. The van der Waals surface area contributed by atoms with Gasteiger partial charge in [0.1, 0.15) is 0 Å². The zero-order valence-electron chi connectivity index (χ0n) is 10.7. The quantitative estimate of drug-likeness (QED) is 0.858. The predicted octanol–water partition coefficient (Wildman–Crippen LogP) is 3.39. The van der Waals surface area contributed by atoms with Crippen molar-refractivity contribution in [2.45, 2.75) is 31.4 Å². The molecule has 0 spiro atoms. The summed E-state index contributed by atoms with van der Waals surface area (Å²) in [5, 5.41) is 3.84. The van der Waals surface area contributed by atoms with Crippen LogP contribution >= 0.6 is 0 Å². The normalized spacial score (nSPS) is 17.2. The minimum absolute atomic E-state index is 0.0247. The number of hydrogen-bond donors (Lipinski definition) is 1. The Balaban J connectivity index is 2.03. The first-order valence-electron chi connectivity index (χ1n) is 6.11. The molecule has 0 atom stereocenters. The van der Waals surface area contributed by atoms with E-state index in [0.717, 1.165) is 25.0 Å². The summed E-state index contributed by atoms with van der Waals surface area (Å²) in [7, 11) is 0. The highest BCUT2D eigenvalue weighted by Gasteiger charge is 2.43. The van der Waals surface area contributed by atoms with E-state index in [2.05, 4.69) is 10.1 Å². The molecule has 2 N–H and O–H groups in total. The average Bonchev–Trinajstić information content (AvgIpc) is 2.91. The lowest BCUT2D eigenvalue weighted by molar-refractivity contribution is -0.137. The van der Waals surface area contributed by atoms with Gasteiger partial charge in [-0.1, -0.05) is 12.1 Å². The molecule has 2 aromatic rings. The topological polar surface area (TPSA) is 64.9 Å². The highest BCUT2D eigenvalue weighted by Crippen LogP contribution is 2.46. The van der Waals surface area contributed by atoms with Gasteiger partial charge in [-0.15, -0.1) is 0 Å². The van der Waals surface area contributed by atoms with Crippen LogP contribution in [0.15, 0.2) is 22.7 Å². The van der Waals surface area contributed by atoms with Crippen molar-refractivity contribution in [1.82, 2.24) is 10.1 Å². The van der Waals surface area contributed by atoms with Crippen LogP contribution in [-0.2, 0) is 11.6 Å². The molecule has 0 unspecified atom stereocenters. The van der Waals surface area contributed by atoms with Crippen molar-refractivity contribution in [2.24, 2.45) is 0 Å². The summed E-state index contributed by atoms with van der Waals surface area (Å²) < 4.78 is 43.2. The lowest BCUT2D eigenvalue weighted by Crippen LogP contribution is -2.06. The molecule has 1 saturated carbocycles. The second kappa shape index (κ2) is 3.97. The van der Waals surface area contributed by atoms with Gasteiger partial charge in [0.25, 0.3) is 5.89 Å². The zero-order valence-corrected chi connectivity index (χ0v) is 10.7. The van der Waals surface area contributed by atoms with E-state index in [1.807, 2.05) is 6.92 Å². The summed E-state index contributed by atoms with van der Waals surface area (Å²) in [6.07, 6.45) is -2.54. The molecule has 1 fully saturated rings. The van der Waals surface area contributed by atoms with E-state index in [1.54, 1.807) is 0 Å². The Kier molecular flexibility index (Phi) is 2.57. The van der Waals surface area contributed by atoms with E-state index in [-0.39, 0.29) is 22.6 Å². The second-order valence-corrected chi connectivity index (χ2v) is 5.28. The first kappa shape index (κ1) is 13.0. The Bertz CT molecular complexity index is 659. The lowest BCUT2D eigenvalue weighted by Gasteiger charge is -2.08. The zero-order chi connectivity index (χ0) is 14.5. The summed E-state index contributed by atoms with van der Waals surface area (Å²) in [4.78, 5) is 4.17. The molecule has 0 amide bonds. The molecule has 1 aromatic heterocycles. The second-order valence-electron chi connectivity index (χ2n) is 5.28. The molecule has 1 aromatic carbocycles. The van der Waals surface area contributed by atoms with Crippen LogP contribution in [0.4, 0.5) is 18.9 Å². The number of aromatic nitrogens is 2. The van der Waals surface area contributed by atoms with Crippen molar-refractivity contribution >= 4 is 5.69 Å². The van der Waals surface area contributed by atoms with Crippen molar-refractivity contribution in [1.29, 1.82) is 0 Å². The minimum atomic E-state index is -4.44. The molecule has 0 saturated heterocycles. The molecule has 3 rings (SSSR count). The first-order chi connectivity index (χ1) is 9.29. The monoisotopic (exact) mass is 283 g/mol. The number of nitrogens with two attached hydrogens (primary N) is 1. The van der Waals surface area contributed by atoms with Crippen LogP contribution in [-0.4, -0.2) is 10.1 Å². The Labute approximate surface area is 112 Å². The van der Waals surface area contributed by atoms with E-state index in [0.29, 0.717) is 5.82 Å². The van der Waals surface area contributed by atoms with E-state index in [9.17, 15) is 13.2 Å². The maximum atomic E-state index is 12.7. The highest BCUT2D eigenvalue weighted by molar-refractivity contribution is 5.71. The Morgan fingerprint density at radius 3 is 2.60 bits per heavy atom. The van der Waals surface area contributed by atoms with Crippen molar-refractivity contribution < 1.29 is 17.7 Å². The fourth-order valence-electron chi connectivity index (χ4n) is 1.91. The van der Waals surface area contributed by atoms with Crippen LogP contribution in [0.5, 0.6) is 0 Å². The van der Waals surface area contributed by atoms with Crippen molar-refractivity contribution in [3.8, 4) is 11.5 Å². The van der Waals surface area contributed by atoms with Gasteiger partial charge >= 0.3 is 6.18 Å². The number of alkyl halides is 3. The first-order valence-corrected chi connectivity index (χ1v) is 6.11. The van der Waals surface area contributed by atoms with Gasteiger partial charge in [0.15, 0.2) is 5.82 Å². The van der Waals surface area contributed by atoms with E-state index < -0.39 is 11.7 Å². The maximum Gasteiger partial charge on any atom is 0.416 e. The van der Waals surface area contributed by atoms with Gasteiger partial charge in [0.05, 0.1) is 11.1 Å². The molecular weight excluding hydrogens is 271 g/mol.